The summed E-state index contributed by atoms with van der Waals surface area (Å²) in [7, 11) is 0. The van der Waals surface area contributed by atoms with Crippen LogP contribution in [-0.2, 0) is 9.59 Å². The summed E-state index contributed by atoms with van der Waals surface area (Å²) < 4.78 is 0. The van der Waals surface area contributed by atoms with E-state index < -0.39 is 0 Å². The monoisotopic (exact) mass is 183 g/mol. The van der Waals surface area contributed by atoms with Crippen LogP contribution in [0.4, 0.5) is 0 Å². The van der Waals surface area contributed by atoms with Gasteiger partial charge in [-0.05, 0) is 19.3 Å². The molecule has 3 nitrogen and oxygen atoms in total. The molecule has 1 rings (SSSR count). The number of amides is 1. The van der Waals surface area contributed by atoms with Crippen molar-refractivity contribution in [2.75, 3.05) is 13.1 Å². The highest BCUT2D eigenvalue weighted by atomic mass is 16.2. The molecular weight excluding hydrogens is 166 g/mol. The zero-order valence-corrected chi connectivity index (χ0v) is 8.54. The molecule has 0 radical (unpaired) electrons. The third kappa shape index (κ3) is 1.74. The minimum absolute atomic E-state index is 0.0460. The molecule has 0 aromatic carbocycles. The van der Waals surface area contributed by atoms with E-state index in [1.165, 1.54) is 0 Å². The van der Waals surface area contributed by atoms with Crippen LogP contribution in [0.1, 0.15) is 27.2 Å². The number of carbonyl (C=O) groups is 2. The summed E-state index contributed by atoms with van der Waals surface area (Å²) in [5, 5.41) is 0. The zero-order chi connectivity index (χ0) is 10.0. The second kappa shape index (κ2) is 3.90. The van der Waals surface area contributed by atoms with Crippen LogP contribution in [-0.4, -0.2) is 29.7 Å². The molecule has 1 fully saturated rings. The lowest BCUT2D eigenvalue weighted by Gasteiger charge is -2.34. The molecule has 0 spiro atoms. The van der Waals surface area contributed by atoms with Crippen LogP contribution in [0.15, 0.2) is 0 Å². The van der Waals surface area contributed by atoms with Gasteiger partial charge in [-0.15, -0.1) is 0 Å². The molecule has 1 amide bonds. The van der Waals surface area contributed by atoms with Gasteiger partial charge in [0.2, 0.25) is 5.78 Å². The van der Waals surface area contributed by atoms with E-state index in [4.69, 9.17) is 0 Å². The van der Waals surface area contributed by atoms with Crippen LogP contribution < -0.4 is 0 Å². The maximum atomic E-state index is 11.5. The van der Waals surface area contributed by atoms with E-state index in [2.05, 4.69) is 0 Å². The van der Waals surface area contributed by atoms with Gasteiger partial charge in [0, 0.05) is 19.0 Å². The van der Waals surface area contributed by atoms with Crippen molar-refractivity contribution in [2.24, 2.45) is 11.8 Å². The summed E-state index contributed by atoms with van der Waals surface area (Å²) in [6.07, 6.45) is 0.781. The zero-order valence-electron chi connectivity index (χ0n) is 8.54. The van der Waals surface area contributed by atoms with Crippen LogP contribution in [0.2, 0.25) is 0 Å². The molecule has 0 N–H and O–H groups in total. The standard InChI is InChI=1S/C10H17NO2/c1-4-8-7(3)6-11(5-2)10(13)9(8)12/h7-8H,4-6H2,1-3H3. The van der Waals surface area contributed by atoms with Crippen molar-refractivity contribution in [3.63, 3.8) is 0 Å². The summed E-state index contributed by atoms with van der Waals surface area (Å²) in [5.74, 6) is -0.207. The maximum Gasteiger partial charge on any atom is 0.290 e. The van der Waals surface area contributed by atoms with Crippen LogP contribution in [0.5, 0.6) is 0 Å². The van der Waals surface area contributed by atoms with Gasteiger partial charge in [-0.2, -0.15) is 0 Å². The minimum Gasteiger partial charge on any atom is -0.336 e. The van der Waals surface area contributed by atoms with Crippen molar-refractivity contribution in [1.82, 2.24) is 4.90 Å². The molecule has 0 aromatic heterocycles. The van der Waals surface area contributed by atoms with E-state index in [-0.39, 0.29) is 17.6 Å². The number of rotatable bonds is 2. The van der Waals surface area contributed by atoms with Crippen LogP contribution in [0.25, 0.3) is 0 Å². The highest BCUT2D eigenvalue weighted by Crippen LogP contribution is 2.23. The van der Waals surface area contributed by atoms with E-state index in [9.17, 15) is 9.59 Å². The van der Waals surface area contributed by atoms with Crippen LogP contribution >= 0.6 is 0 Å². The fourth-order valence-electron chi connectivity index (χ4n) is 1.99. The lowest BCUT2D eigenvalue weighted by Crippen LogP contribution is -2.49. The lowest BCUT2D eigenvalue weighted by molar-refractivity contribution is -0.152. The van der Waals surface area contributed by atoms with Gasteiger partial charge in [0.1, 0.15) is 0 Å². The number of Topliss-reactive ketones (excluding diaryl/α,β-unsaturated/α-hetero) is 1. The van der Waals surface area contributed by atoms with Gasteiger partial charge < -0.3 is 4.90 Å². The Morgan fingerprint density at radius 3 is 2.46 bits per heavy atom. The average molecular weight is 183 g/mol. The molecule has 1 aliphatic rings. The molecule has 3 heteroatoms. The molecule has 74 valence electrons. The molecule has 0 saturated carbocycles. The van der Waals surface area contributed by atoms with Crippen molar-refractivity contribution in [3.05, 3.63) is 0 Å². The quantitative estimate of drug-likeness (QED) is 0.601. The molecule has 1 saturated heterocycles. The number of hydrogen-bond acceptors (Lipinski definition) is 2. The minimum atomic E-state index is -0.285. The third-order valence-corrected chi connectivity index (χ3v) is 2.85. The number of likely N-dealkylation sites (tertiary alicyclic amines) is 1. The normalized spacial score (nSPS) is 29.6. The van der Waals surface area contributed by atoms with Gasteiger partial charge in [0.15, 0.2) is 0 Å². The molecule has 0 bridgehead atoms. The van der Waals surface area contributed by atoms with Gasteiger partial charge in [-0.3, -0.25) is 9.59 Å². The molecule has 1 aliphatic heterocycles. The Balaban J connectivity index is 2.79. The van der Waals surface area contributed by atoms with Gasteiger partial charge in [0.05, 0.1) is 0 Å². The van der Waals surface area contributed by atoms with E-state index in [1.54, 1.807) is 4.90 Å². The third-order valence-electron chi connectivity index (χ3n) is 2.85. The first-order valence-electron chi connectivity index (χ1n) is 4.94. The number of ketones is 1. The molecule has 13 heavy (non-hydrogen) atoms. The van der Waals surface area contributed by atoms with Crippen molar-refractivity contribution in [3.8, 4) is 0 Å². The fraction of sp³-hybridized carbons (Fsp3) is 0.800. The second-order valence-electron chi connectivity index (χ2n) is 3.70. The number of carbonyl (C=O) groups excluding carboxylic acids is 2. The number of nitrogens with zero attached hydrogens (tertiary/aromatic N) is 1. The smallest absolute Gasteiger partial charge is 0.290 e. The van der Waals surface area contributed by atoms with Gasteiger partial charge in [-0.25, -0.2) is 0 Å². The topological polar surface area (TPSA) is 37.4 Å². The number of piperidine rings is 1. The van der Waals surface area contributed by atoms with Crippen LogP contribution in [0.3, 0.4) is 0 Å². The first-order valence-corrected chi connectivity index (χ1v) is 4.94. The van der Waals surface area contributed by atoms with Gasteiger partial charge >= 0.3 is 0 Å². The highest BCUT2D eigenvalue weighted by molar-refractivity contribution is 6.37. The van der Waals surface area contributed by atoms with Crippen molar-refractivity contribution < 1.29 is 9.59 Å². The van der Waals surface area contributed by atoms with Gasteiger partial charge in [0.25, 0.3) is 5.91 Å². The van der Waals surface area contributed by atoms with E-state index in [0.29, 0.717) is 12.5 Å². The summed E-state index contributed by atoms with van der Waals surface area (Å²) in [6.45, 7) is 7.30. The van der Waals surface area contributed by atoms with Crippen molar-refractivity contribution >= 4 is 11.7 Å². The Morgan fingerprint density at radius 1 is 1.38 bits per heavy atom. The molecule has 0 aliphatic carbocycles. The predicted octanol–water partition coefficient (Wildman–Crippen LogP) is 1.08. The Morgan fingerprint density at radius 2 is 2.00 bits per heavy atom. The van der Waals surface area contributed by atoms with Gasteiger partial charge in [-0.1, -0.05) is 13.8 Å². The summed E-state index contributed by atoms with van der Waals surface area (Å²) in [4.78, 5) is 24.6. The van der Waals surface area contributed by atoms with Crippen molar-refractivity contribution in [1.29, 1.82) is 0 Å². The van der Waals surface area contributed by atoms with E-state index in [1.807, 2.05) is 20.8 Å². The Bertz CT molecular complexity index is 225. The Hall–Kier alpha value is -0.860. The Kier molecular flexibility index (Phi) is 3.07. The summed E-state index contributed by atoms with van der Waals surface area (Å²) in [5.41, 5.74) is 0. The summed E-state index contributed by atoms with van der Waals surface area (Å²) in [6, 6.07) is 0. The number of likely N-dealkylation sites (N-methyl/N-ethyl adjacent to an activating group) is 1. The predicted molar refractivity (Wildman–Crippen MR) is 50.2 cm³/mol. The number of hydrogen-bond donors (Lipinski definition) is 0. The fourth-order valence-corrected chi connectivity index (χ4v) is 1.99. The molecule has 2 atom stereocenters. The first kappa shape index (κ1) is 10.2. The van der Waals surface area contributed by atoms with E-state index >= 15 is 0 Å². The van der Waals surface area contributed by atoms with E-state index in [0.717, 1.165) is 13.0 Å². The first-order chi connectivity index (χ1) is 6.11. The SMILES string of the molecule is CCC1C(=O)C(=O)N(CC)CC1C. The highest BCUT2D eigenvalue weighted by Gasteiger charge is 2.37. The molecule has 1 heterocycles. The average Bonchev–Trinajstić information content (AvgIpc) is 2.12. The molecule has 0 aromatic rings. The molecular formula is C10H17NO2. The summed E-state index contributed by atoms with van der Waals surface area (Å²) >= 11 is 0. The van der Waals surface area contributed by atoms with Crippen LogP contribution in [0, 0.1) is 11.8 Å². The van der Waals surface area contributed by atoms with Crippen molar-refractivity contribution in [2.45, 2.75) is 27.2 Å². The lowest BCUT2D eigenvalue weighted by atomic mass is 9.83. The Labute approximate surface area is 79.1 Å². The molecule has 2 unspecified atom stereocenters. The largest absolute Gasteiger partial charge is 0.336 e. The maximum absolute atomic E-state index is 11.5. The second-order valence-corrected chi connectivity index (χ2v) is 3.70.